The first-order valence-electron chi connectivity index (χ1n) is 9.37. The normalized spacial score (nSPS) is 17.5. The Morgan fingerprint density at radius 3 is 1.12 bits per heavy atom. The molecule has 6 nitrogen and oxygen atoms in total. The molecule has 1 saturated heterocycles. The summed E-state index contributed by atoms with van der Waals surface area (Å²) >= 11 is 0. The van der Waals surface area contributed by atoms with Gasteiger partial charge in [0.15, 0.2) is 11.9 Å². The second kappa shape index (κ2) is 9.74. The lowest BCUT2D eigenvalue weighted by Crippen LogP contribution is -2.57. The average molecular weight is 339 g/mol. The molecule has 6 heteroatoms. The van der Waals surface area contributed by atoms with Gasteiger partial charge in [-0.25, -0.2) is 0 Å². The fourth-order valence-corrected chi connectivity index (χ4v) is 2.56. The summed E-state index contributed by atoms with van der Waals surface area (Å²) in [4.78, 5) is 14.3. The highest BCUT2D eigenvalue weighted by Gasteiger charge is 2.23. The summed E-state index contributed by atoms with van der Waals surface area (Å²) in [6, 6.07) is 1.37. The van der Waals surface area contributed by atoms with Gasteiger partial charge >= 0.3 is 0 Å². The van der Waals surface area contributed by atoms with Crippen molar-refractivity contribution in [2.75, 3.05) is 26.2 Å². The summed E-state index contributed by atoms with van der Waals surface area (Å²) in [7, 11) is 0. The zero-order chi connectivity index (χ0) is 18.3. The van der Waals surface area contributed by atoms with Crippen LogP contribution in [-0.2, 0) is 0 Å². The SMILES string of the molecule is CC(C)N=C(NC(C)C)N1CCN(C(=NC(C)C)NC(C)C)CC1. The number of rotatable bonds is 4. The molecular formula is C18H38N6. The highest BCUT2D eigenvalue weighted by molar-refractivity contribution is 5.82. The Morgan fingerprint density at radius 2 is 0.917 bits per heavy atom. The van der Waals surface area contributed by atoms with E-state index in [1.165, 1.54) is 0 Å². The van der Waals surface area contributed by atoms with Crippen LogP contribution >= 0.6 is 0 Å². The molecule has 2 N–H and O–H groups in total. The molecule has 0 aromatic carbocycles. The third-order valence-corrected chi connectivity index (χ3v) is 3.48. The lowest BCUT2D eigenvalue weighted by atomic mass is 10.3. The lowest BCUT2D eigenvalue weighted by Gasteiger charge is -2.39. The molecule has 1 aliphatic rings. The van der Waals surface area contributed by atoms with E-state index in [4.69, 9.17) is 9.98 Å². The summed E-state index contributed by atoms with van der Waals surface area (Å²) in [5.41, 5.74) is 0. The number of hydrogen-bond donors (Lipinski definition) is 2. The Morgan fingerprint density at radius 1 is 0.625 bits per heavy atom. The number of piperazine rings is 1. The molecule has 1 fully saturated rings. The van der Waals surface area contributed by atoms with Crippen molar-refractivity contribution in [2.45, 2.75) is 79.6 Å². The van der Waals surface area contributed by atoms with Crippen molar-refractivity contribution in [3.63, 3.8) is 0 Å². The number of aliphatic imine (C=N–C) groups is 2. The van der Waals surface area contributed by atoms with Crippen LogP contribution in [0.4, 0.5) is 0 Å². The highest BCUT2D eigenvalue weighted by atomic mass is 15.4. The molecule has 1 heterocycles. The van der Waals surface area contributed by atoms with Crippen molar-refractivity contribution in [1.29, 1.82) is 0 Å². The van der Waals surface area contributed by atoms with E-state index in [9.17, 15) is 0 Å². The largest absolute Gasteiger partial charge is 0.354 e. The summed E-state index contributed by atoms with van der Waals surface area (Å²) in [6.45, 7) is 21.0. The minimum absolute atomic E-state index is 0.296. The van der Waals surface area contributed by atoms with Crippen LogP contribution < -0.4 is 10.6 Å². The fourth-order valence-electron chi connectivity index (χ4n) is 2.56. The van der Waals surface area contributed by atoms with Gasteiger partial charge in [-0.05, 0) is 55.4 Å². The van der Waals surface area contributed by atoms with Gasteiger partial charge in [-0.2, -0.15) is 0 Å². The molecule has 1 aliphatic heterocycles. The van der Waals surface area contributed by atoms with E-state index >= 15 is 0 Å². The van der Waals surface area contributed by atoms with Gasteiger partial charge in [-0.3, -0.25) is 9.98 Å². The first-order chi connectivity index (χ1) is 11.2. The quantitative estimate of drug-likeness (QED) is 0.609. The van der Waals surface area contributed by atoms with Crippen molar-refractivity contribution in [3.8, 4) is 0 Å². The molecular weight excluding hydrogens is 300 g/mol. The van der Waals surface area contributed by atoms with Crippen molar-refractivity contribution in [2.24, 2.45) is 9.98 Å². The monoisotopic (exact) mass is 338 g/mol. The van der Waals surface area contributed by atoms with Crippen molar-refractivity contribution in [3.05, 3.63) is 0 Å². The van der Waals surface area contributed by atoms with E-state index in [1.54, 1.807) is 0 Å². The van der Waals surface area contributed by atoms with Crippen LogP contribution in [0.2, 0.25) is 0 Å². The van der Waals surface area contributed by atoms with Gasteiger partial charge in [0, 0.05) is 50.3 Å². The second-order valence-corrected chi connectivity index (χ2v) is 7.67. The Bertz CT molecular complexity index is 377. The van der Waals surface area contributed by atoms with Crippen molar-refractivity contribution < 1.29 is 0 Å². The highest BCUT2D eigenvalue weighted by Crippen LogP contribution is 2.06. The van der Waals surface area contributed by atoms with Crippen LogP contribution in [0.3, 0.4) is 0 Å². The Kier molecular flexibility index (Phi) is 8.36. The molecule has 0 unspecified atom stereocenters. The third-order valence-electron chi connectivity index (χ3n) is 3.48. The first kappa shape index (κ1) is 20.6. The molecule has 0 aliphatic carbocycles. The summed E-state index contributed by atoms with van der Waals surface area (Å²) < 4.78 is 0. The number of guanidine groups is 2. The van der Waals surface area contributed by atoms with E-state index < -0.39 is 0 Å². The van der Waals surface area contributed by atoms with Gasteiger partial charge < -0.3 is 20.4 Å². The molecule has 0 radical (unpaired) electrons. The fraction of sp³-hybridized carbons (Fsp3) is 0.889. The van der Waals surface area contributed by atoms with E-state index in [2.05, 4.69) is 75.8 Å². The number of nitrogens with one attached hydrogen (secondary N) is 2. The Labute approximate surface area is 148 Å². The molecule has 1 rings (SSSR count). The van der Waals surface area contributed by atoms with Gasteiger partial charge in [0.2, 0.25) is 0 Å². The van der Waals surface area contributed by atoms with Crippen LogP contribution in [-0.4, -0.2) is 72.1 Å². The van der Waals surface area contributed by atoms with Crippen LogP contribution in [0.1, 0.15) is 55.4 Å². The molecule has 0 bridgehead atoms. The zero-order valence-electron chi connectivity index (χ0n) is 16.9. The van der Waals surface area contributed by atoms with Crippen molar-refractivity contribution >= 4 is 11.9 Å². The molecule has 0 amide bonds. The molecule has 0 spiro atoms. The second-order valence-electron chi connectivity index (χ2n) is 7.67. The van der Waals surface area contributed by atoms with Gasteiger partial charge in [-0.15, -0.1) is 0 Å². The van der Waals surface area contributed by atoms with Crippen LogP contribution in [0.25, 0.3) is 0 Å². The van der Waals surface area contributed by atoms with E-state index in [1.807, 2.05) is 0 Å². The molecule has 140 valence electrons. The predicted molar refractivity (Wildman–Crippen MR) is 105 cm³/mol. The maximum Gasteiger partial charge on any atom is 0.194 e. The van der Waals surface area contributed by atoms with Gasteiger partial charge in [0.25, 0.3) is 0 Å². The first-order valence-corrected chi connectivity index (χ1v) is 9.37. The topological polar surface area (TPSA) is 55.3 Å². The van der Waals surface area contributed by atoms with E-state index in [-0.39, 0.29) is 0 Å². The summed E-state index contributed by atoms with van der Waals surface area (Å²) in [6.07, 6.45) is 0. The van der Waals surface area contributed by atoms with Gasteiger partial charge in [0.05, 0.1) is 0 Å². The van der Waals surface area contributed by atoms with Crippen molar-refractivity contribution in [1.82, 2.24) is 20.4 Å². The molecule has 0 aromatic rings. The third kappa shape index (κ3) is 7.41. The molecule has 0 atom stereocenters. The molecule has 24 heavy (non-hydrogen) atoms. The van der Waals surface area contributed by atoms with E-state index in [0.717, 1.165) is 38.1 Å². The zero-order valence-corrected chi connectivity index (χ0v) is 16.9. The summed E-state index contributed by atoms with van der Waals surface area (Å²) in [5.74, 6) is 2.05. The van der Waals surface area contributed by atoms with Gasteiger partial charge in [-0.1, -0.05) is 0 Å². The predicted octanol–water partition coefficient (Wildman–Crippen LogP) is 2.13. The minimum Gasteiger partial charge on any atom is -0.354 e. The number of nitrogens with zero attached hydrogens (tertiary/aromatic N) is 4. The van der Waals surface area contributed by atoms with Gasteiger partial charge in [0.1, 0.15) is 0 Å². The smallest absolute Gasteiger partial charge is 0.194 e. The average Bonchev–Trinajstić information content (AvgIpc) is 2.44. The van der Waals surface area contributed by atoms with Crippen LogP contribution in [0.5, 0.6) is 0 Å². The van der Waals surface area contributed by atoms with Crippen LogP contribution in [0, 0.1) is 0 Å². The Hall–Kier alpha value is -1.46. The summed E-state index contributed by atoms with van der Waals surface area (Å²) in [5, 5.41) is 7.00. The maximum absolute atomic E-state index is 4.77. The Balaban J connectivity index is 2.75. The minimum atomic E-state index is 0.296. The molecule has 0 aromatic heterocycles. The lowest BCUT2D eigenvalue weighted by molar-refractivity contribution is 0.244. The van der Waals surface area contributed by atoms with Crippen LogP contribution in [0.15, 0.2) is 9.98 Å². The standard InChI is InChI=1S/C18H38N6/c1-13(2)19-17(20-14(3)4)23-9-11-24(12-10-23)18(21-15(5)6)22-16(7)8/h13-16H,9-12H2,1-8H3,(H,19,20)(H,21,22). The molecule has 0 saturated carbocycles. The van der Waals surface area contributed by atoms with E-state index in [0.29, 0.717) is 24.2 Å². The number of hydrogen-bond acceptors (Lipinski definition) is 2. The maximum atomic E-state index is 4.77.